The van der Waals surface area contributed by atoms with Crippen LogP contribution in [0, 0.1) is 11.6 Å². The second-order valence-electron chi connectivity index (χ2n) is 3.35. The van der Waals surface area contributed by atoms with Crippen molar-refractivity contribution in [3.05, 3.63) is 35.4 Å². The largest absolute Gasteiger partial charge is 0.464 e. The van der Waals surface area contributed by atoms with E-state index in [9.17, 15) is 18.0 Å². The monoisotopic (exact) mass is 283 g/mol. The van der Waals surface area contributed by atoms with E-state index in [-0.39, 0.29) is 24.6 Å². The molecule has 2 atom stereocenters. The van der Waals surface area contributed by atoms with Crippen molar-refractivity contribution >= 4 is 18.4 Å². The number of rotatable bonds is 4. The molecule has 0 heterocycles. The van der Waals surface area contributed by atoms with Crippen LogP contribution in [0.4, 0.5) is 13.2 Å². The Bertz CT molecular complexity index is 417. The molecule has 7 heteroatoms. The number of ether oxygens (including phenoxy) is 1. The van der Waals surface area contributed by atoms with Crippen molar-refractivity contribution < 1.29 is 22.7 Å². The van der Waals surface area contributed by atoms with Gasteiger partial charge in [0.2, 0.25) is 6.17 Å². The highest BCUT2D eigenvalue weighted by molar-refractivity contribution is 5.85. The fraction of sp³-hybridized carbons (Fsp3) is 0.364. The molecule has 0 spiro atoms. The third-order valence-electron chi connectivity index (χ3n) is 2.16. The van der Waals surface area contributed by atoms with Gasteiger partial charge in [-0.25, -0.2) is 18.0 Å². The van der Waals surface area contributed by atoms with Crippen molar-refractivity contribution in [1.29, 1.82) is 0 Å². The maximum atomic E-state index is 13.5. The van der Waals surface area contributed by atoms with Gasteiger partial charge in [-0.3, -0.25) is 0 Å². The van der Waals surface area contributed by atoms with Gasteiger partial charge in [0, 0.05) is 0 Å². The number of nitrogens with two attached hydrogens (primary N) is 1. The number of alkyl halides is 1. The van der Waals surface area contributed by atoms with Gasteiger partial charge in [-0.1, -0.05) is 6.07 Å². The van der Waals surface area contributed by atoms with E-state index in [0.29, 0.717) is 0 Å². The molecule has 1 aromatic carbocycles. The topological polar surface area (TPSA) is 52.3 Å². The van der Waals surface area contributed by atoms with Gasteiger partial charge in [-0.05, 0) is 24.6 Å². The molecule has 1 unspecified atom stereocenters. The van der Waals surface area contributed by atoms with E-state index in [0.717, 1.165) is 18.2 Å². The summed E-state index contributed by atoms with van der Waals surface area (Å²) in [5, 5.41) is 0. The van der Waals surface area contributed by atoms with E-state index >= 15 is 0 Å². The summed E-state index contributed by atoms with van der Waals surface area (Å²) in [6, 6.07) is 1.31. The van der Waals surface area contributed by atoms with Gasteiger partial charge < -0.3 is 10.5 Å². The molecule has 0 radical (unpaired) electrons. The van der Waals surface area contributed by atoms with Crippen LogP contribution in [0.25, 0.3) is 0 Å². The number of hydrogen-bond acceptors (Lipinski definition) is 3. The maximum absolute atomic E-state index is 13.5. The van der Waals surface area contributed by atoms with Crippen molar-refractivity contribution in [3.8, 4) is 0 Å². The summed E-state index contributed by atoms with van der Waals surface area (Å²) in [5.74, 6) is -3.33. The van der Waals surface area contributed by atoms with Gasteiger partial charge in [0.25, 0.3) is 0 Å². The van der Waals surface area contributed by atoms with Crippen LogP contribution in [0.15, 0.2) is 18.2 Å². The number of carbonyl (C=O) groups excluding carboxylic acids is 1. The fourth-order valence-corrected chi connectivity index (χ4v) is 1.26. The van der Waals surface area contributed by atoms with Crippen LogP contribution in [-0.2, 0) is 9.53 Å². The van der Waals surface area contributed by atoms with Crippen molar-refractivity contribution in [1.82, 2.24) is 0 Å². The highest BCUT2D eigenvalue weighted by Crippen LogP contribution is 2.20. The fourth-order valence-electron chi connectivity index (χ4n) is 1.26. The minimum atomic E-state index is -2.11. The molecule has 18 heavy (non-hydrogen) atoms. The predicted octanol–water partition coefficient (Wildman–Crippen LogP) is 2.29. The lowest BCUT2D eigenvalue weighted by Crippen LogP contribution is -2.31. The quantitative estimate of drug-likeness (QED) is 0.863. The number of benzene rings is 1. The Hall–Kier alpha value is -1.27. The normalized spacial score (nSPS) is 13.4. The number of carbonyl (C=O) groups is 1. The van der Waals surface area contributed by atoms with Gasteiger partial charge in [-0.2, -0.15) is 0 Å². The Balaban J connectivity index is 0.00000289. The van der Waals surface area contributed by atoms with Crippen LogP contribution in [0.1, 0.15) is 18.5 Å². The summed E-state index contributed by atoms with van der Waals surface area (Å²) in [7, 11) is 0. The first-order valence-electron chi connectivity index (χ1n) is 4.98. The van der Waals surface area contributed by atoms with Crippen LogP contribution in [0.2, 0.25) is 0 Å². The average molecular weight is 284 g/mol. The van der Waals surface area contributed by atoms with E-state index in [4.69, 9.17) is 5.73 Å². The molecule has 0 aromatic heterocycles. The highest BCUT2D eigenvalue weighted by Gasteiger charge is 2.28. The second-order valence-corrected chi connectivity index (χ2v) is 3.35. The van der Waals surface area contributed by atoms with Gasteiger partial charge in [0.05, 0.1) is 12.6 Å². The third-order valence-corrected chi connectivity index (χ3v) is 2.16. The summed E-state index contributed by atoms with van der Waals surface area (Å²) < 4.78 is 43.4. The predicted molar refractivity (Wildman–Crippen MR) is 62.1 cm³/mol. The average Bonchev–Trinajstić information content (AvgIpc) is 2.31. The molecule has 2 N–H and O–H groups in total. The minimum Gasteiger partial charge on any atom is -0.464 e. The van der Waals surface area contributed by atoms with Crippen LogP contribution in [0.5, 0.6) is 0 Å². The molecule has 0 bridgehead atoms. The molecular formula is C11H13ClF3NO2. The van der Waals surface area contributed by atoms with E-state index in [1.54, 1.807) is 0 Å². The number of halogens is 4. The molecule has 1 rings (SSSR count). The van der Waals surface area contributed by atoms with Gasteiger partial charge in [0.15, 0.2) is 11.6 Å². The van der Waals surface area contributed by atoms with Crippen LogP contribution < -0.4 is 5.73 Å². The van der Waals surface area contributed by atoms with Crippen molar-refractivity contribution in [2.45, 2.75) is 19.1 Å². The molecule has 0 aliphatic rings. The standard InChI is InChI=1S/C11H12F3NO2.ClH/c1-2-17-11(16)9(14)10(15)6-3-4-7(12)8(13)5-6;/h3-5,9-10H,2,15H2,1H3;1H/t9?,10-;/m1./s1. The van der Waals surface area contributed by atoms with Crippen molar-refractivity contribution in [3.63, 3.8) is 0 Å². The van der Waals surface area contributed by atoms with Crippen molar-refractivity contribution in [2.24, 2.45) is 5.73 Å². The molecule has 0 aliphatic carbocycles. The van der Waals surface area contributed by atoms with E-state index in [2.05, 4.69) is 4.74 Å². The SMILES string of the molecule is CCOC(=O)C(F)[C@H](N)c1ccc(F)c(F)c1.Cl. The maximum Gasteiger partial charge on any atom is 0.342 e. The summed E-state index contributed by atoms with van der Waals surface area (Å²) in [5.41, 5.74) is 5.41. The second kappa shape index (κ2) is 7.23. The zero-order valence-corrected chi connectivity index (χ0v) is 10.3. The Labute approximate surface area is 109 Å². The summed E-state index contributed by atoms with van der Waals surface area (Å²) in [6.45, 7) is 1.54. The lowest BCUT2D eigenvalue weighted by atomic mass is 10.0. The van der Waals surface area contributed by atoms with Gasteiger partial charge in [-0.15, -0.1) is 12.4 Å². The summed E-state index contributed by atoms with van der Waals surface area (Å²) in [6.07, 6.45) is -2.11. The molecule has 0 saturated heterocycles. The molecule has 1 aromatic rings. The van der Waals surface area contributed by atoms with Gasteiger partial charge >= 0.3 is 5.97 Å². The van der Waals surface area contributed by atoms with E-state index < -0.39 is 29.8 Å². The molecule has 0 amide bonds. The van der Waals surface area contributed by atoms with Gasteiger partial charge in [0.1, 0.15) is 0 Å². The zero-order valence-electron chi connectivity index (χ0n) is 9.53. The van der Waals surface area contributed by atoms with Crippen LogP contribution in [0.3, 0.4) is 0 Å². The molecule has 0 saturated carbocycles. The lowest BCUT2D eigenvalue weighted by molar-refractivity contribution is -0.149. The zero-order chi connectivity index (χ0) is 13.0. The Morgan fingerprint density at radius 3 is 2.50 bits per heavy atom. The van der Waals surface area contributed by atoms with Crippen molar-refractivity contribution in [2.75, 3.05) is 6.61 Å². The molecule has 102 valence electrons. The molecule has 0 fully saturated rings. The molecule has 3 nitrogen and oxygen atoms in total. The Morgan fingerprint density at radius 1 is 1.39 bits per heavy atom. The number of esters is 1. The number of hydrogen-bond donors (Lipinski definition) is 1. The minimum absolute atomic E-state index is 0. The first kappa shape index (κ1) is 16.7. The summed E-state index contributed by atoms with van der Waals surface area (Å²) in [4.78, 5) is 11.1. The van der Waals surface area contributed by atoms with E-state index in [1.165, 1.54) is 6.92 Å². The third kappa shape index (κ3) is 3.89. The van der Waals surface area contributed by atoms with Crippen LogP contribution >= 0.6 is 12.4 Å². The first-order valence-corrected chi connectivity index (χ1v) is 4.98. The Kier molecular flexibility index (Phi) is 6.72. The first-order chi connectivity index (χ1) is 7.97. The van der Waals surface area contributed by atoms with Crippen LogP contribution in [-0.4, -0.2) is 18.7 Å². The lowest BCUT2D eigenvalue weighted by Gasteiger charge is -2.15. The highest BCUT2D eigenvalue weighted by atomic mass is 35.5. The molecule has 0 aliphatic heterocycles. The Morgan fingerprint density at radius 2 is 2.00 bits per heavy atom. The smallest absolute Gasteiger partial charge is 0.342 e. The summed E-state index contributed by atoms with van der Waals surface area (Å²) >= 11 is 0. The van der Waals surface area contributed by atoms with E-state index in [1.807, 2.05) is 0 Å². The molecular weight excluding hydrogens is 271 g/mol.